The minimum Gasteiger partial charge on any atom is -0.549 e. The molecule has 0 heterocycles. The van der Waals surface area contributed by atoms with E-state index in [-0.39, 0.29) is 35.0 Å². The van der Waals surface area contributed by atoms with E-state index in [2.05, 4.69) is 0 Å². The van der Waals surface area contributed by atoms with Crippen molar-refractivity contribution in [3.8, 4) is 0 Å². The van der Waals surface area contributed by atoms with Crippen LogP contribution in [0.1, 0.15) is 18.9 Å². The van der Waals surface area contributed by atoms with Gasteiger partial charge < -0.3 is 19.8 Å². The van der Waals surface area contributed by atoms with E-state index in [0.29, 0.717) is 0 Å². The Morgan fingerprint density at radius 2 is 1.56 bits per heavy atom. The van der Waals surface area contributed by atoms with E-state index in [4.69, 9.17) is 0 Å². The summed E-state index contributed by atoms with van der Waals surface area (Å²) in [5, 5.41) is 21.9. The third kappa shape index (κ3) is 2.36. The molecule has 0 aliphatic heterocycles. The Hall–Kier alpha value is -1.07. The molecule has 1 aromatic rings. The molecule has 0 N–H and O–H groups in total. The Bertz CT molecular complexity index is 361. The Morgan fingerprint density at radius 3 is 1.88 bits per heavy atom. The molecule has 5 heteroatoms. The Kier molecular flexibility index (Phi) is 5.47. The number of carbonyl (C=O) groups is 2. The quantitative estimate of drug-likeness (QED) is 0.463. The molecule has 16 heavy (non-hydrogen) atoms. The van der Waals surface area contributed by atoms with Crippen molar-refractivity contribution >= 4 is 35.0 Å². The molecule has 0 atom stereocenters. The first kappa shape index (κ1) is 14.9. The van der Waals surface area contributed by atoms with E-state index in [9.17, 15) is 19.8 Å². The normalized spacial score (nSPS) is 10.3. The van der Waals surface area contributed by atoms with Crippen LogP contribution in [0.3, 0.4) is 0 Å². The van der Waals surface area contributed by atoms with Crippen LogP contribution in [0.15, 0.2) is 30.3 Å². The van der Waals surface area contributed by atoms with Crippen LogP contribution in [0.5, 0.6) is 0 Å². The molecule has 0 radical (unpaired) electrons. The summed E-state index contributed by atoms with van der Waals surface area (Å²) in [6.45, 7) is 1.47. The maximum Gasteiger partial charge on any atom is 2.00 e. The van der Waals surface area contributed by atoms with Crippen molar-refractivity contribution < 1.29 is 19.8 Å². The molecule has 4 nitrogen and oxygen atoms in total. The van der Waals surface area contributed by atoms with Crippen molar-refractivity contribution in [3.63, 3.8) is 0 Å². The zero-order chi connectivity index (χ0) is 11.5. The molecular formula is C11H10MgO4. The van der Waals surface area contributed by atoms with Crippen LogP contribution >= 0.6 is 0 Å². The fourth-order valence-corrected chi connectivity index (χ4v) is 1.53. The molecule has 1 rings (SSSR count). The van der Waals surface area contributed by atoms with Crippen molar-refractivity contribution in [2.24, 2.45) is 0 Å². The third-order valence-corrected chi connectivity index (χ3v) is 2.49. The zero-order valence-corrected chi connectivity index (χ0v) is 10.3. The minimum absolute atomic E-state index is 0. The zero-order valence-electron chi connectivity index (χ0n) is 8.93. The standard InChI is InChI=1S/C11H12O4.Mg/c1-2-11(9(12)13,10(14)15)8-6-4-3-5-7-8;/h3-7H,2H2,1H3,(H,12,13)(H,14,15);/q;+2/p-2. The van der Waals surface area contributed by atoms with Gasteiger partial charge in [0.25, 0.3) is 0 Å². The third-order valence-electron chi connectivity index (χ3n) is 2.49. The molecular weight excluding hydrogens is 220 g/mol. The van der Waals surface area contributed by atoms with Gasteiger partial charge in [0.1, 0.15) is 0 Å². The predicted molar refractivity (Wildman–Crippen MR) is 54.2 cm³/mol. The van der Waals surface area contributed by atoms with E-state index in [1.807, 2.05) is 0 Å². The number of carboxylic acid groups (broad SMARTS) is 2. The average molecular weight is 231 g/mol. The smallest absolute Gasteiger partial charge is 0.549 e. The molecule has 0 fully saturated rings. The first-order valence-corrected chi connectivity index (χ1v) is 4.54. The van der Waals surface area contributed by atoms with Gasteiger partial charge in [-0.3, -0.25) is 0 Å². The number of hydrogen-bond acceptors (Lipinski definition) is 4. The summed E-state index contributed by atoms with van der Waals surface area (Å²) in [6.07, 6.45) is -0.109. The number of carboxylic acids is 2. The molecule has 0 saturated heterocycles. The molecule has 0 unspecified atom stereocenters. The minimum atomic E-state index is -2.05. The summed E-state index contributed by atoms with van der Waals surface area (Å²) < 4.78 is 0. The molecule has 0 amide bonds. The molecule has 80 valence electrons. The Labute approximate surface area is 109 Å². The topological polar surface area (TPSA) is 80.3 Å². The Balaban J connectivity index is 0.00000225. The van der Waals surface area contributed by atoms with Gasteiger partial charge in [0, 0.05) is 0 Å². The van der Waals surface area contributed by atoms with Crippen molar-refractivity contribution in [1.29, 1.82) is 0 Å². The first-order chi connectivity index (χ1) is 7.05. The number of benzene rings is 1. The fourth-order valence-electron chi connectivity index (χ4n) is 1.53. The summed E-state index contributed by atoms with van der Waals surface area (Å²) in [7, 11) is 0. The fraction of sp³-hybridized carbons (Fsp3) is 0.273. The second-order valence-corrected chi connectivity index (χ2v) is 3.20. The van der Waals surface area contributed by atoms with Gasteiger partial charge in [-0.2, -0.15) is 0 Å². The number of carbonyl (C=O) groups excluding carboxylic acids is 2. The van der Waals surface area contributed by atoms with Gasteiger partial charge in [0.15, 0.2) is 0 Å². The number of rotatable bonds is 4. The van der Waals surface area contributed by atoms with E-state index in [1.54, 1.807) is 18.2 Å². The van der Waals surface area contributed by atoms with E-state index in [1.165, 1.54) is 19.1 Å². The maximum absolute atomic E-state index is 11.0. The van der Waals surface area contributed by atoms with Gasteiger partial charge in [0.05, 0.1) is 17.4 Å². The average Bonchev–Trinajstić information content (AvgIpc) is 2.20. The molecule has 0 saturated carbocycles. The van der Waals surface area contributed by atoms with Gasteiger partial charge in [-0.15, -0.1) is 0 Å². The largest absolute Gasteiger partial charge is 2.00 e. The van der Waals surface area contributed by atoms with Crippen LogP contribution in [0.4, 0.5) is 0 Å². The van der Waals surface area contributed by atoms with Gasteiger partial charge >= 0.3 is 23.1 Å². The SMILES string of the molecule is CCC(C(=O)[O-])(C(=O)[O-])c1ccccc1.[Mg+2]. The Morgan fingerprint density at radius 1 is 1.12 bits per heavy atom. The first-order valence-electron chi connectivity index (χ1n) is 4.54. The monoisotopic (exact) mass is 230 g/mol. The van der Waals surface area contributed by atoms with Crippen LogP contribution in [0.2, 0.25) is 0 Å². The summed E-state index contributed by atoms with van der Waals surface area (Å²) in [5.41, 5.74) is -1.88. The van der Waals surface area contributed by atoms with Crippen molar-refractivity contribution in [3.05, 3.63) is 35.9 Å². The second-order valence-electron chi connectivity index (χ2n) is 3.20. The summed E-state index contributed by atoms with van der Waals surface area (Å²) in [5.74, 6) is -3.28. The molecule has 0 spiro atoms. The van der Waals surface area contributed by atoms with Crippen LogP contribution in [-0.4, -0.2) is 35.0 Å². The molecule has 0 bridgehead atoms. The van der Waals surface area contributed by atoms with Crippen LogP contribution in [0.25, 0.3) is 0 Å². The molecule has 0 aliphatic carbocycles. The summed E-state index contributed by atoms with van der Waals surface area (Å²) >= 11 is 0. The molecule has 1 aromatic carbocycles. The second kappa shape index (κ2) is 5.86. The van der Waals surface area contributed by atoms with Crippen molar-refractivity contribution in [2.75, 3.05) is 0 Å². The number of aliphatic carboxylic acids is 2. The van der Waals surface area contributed by atoms with Crippen molar-refractivity contribution in [1.82, 2.24) is 0 Å². The molecule has 0 aromatic heterocycles. The van der Waals surface area contributed by atoms with E-state index >= 15 is 0 Å². The summed E-state index contributed by atoms with van der Waals surface area (Å²) in [6, 6.07) is 7.70. The van der Waals surface area contributed by atoms with Gasteiger partial charge in [0.2, 0.25) is 0 Å². The van der Waals surface area contributed by atoms with E-state index < -0.39 is 17.4 Å². The van der Waals surface area contributed by atoms with Crippen LogP contribution < -0.4 is 10.2 Å². The van der Waals surface area contributed by atoms with E-state index in [0.717, 1.165) is 0 Å². The van der Waals surface area contributed by atoms with Crippen LogP contribution in [0, 0.1) is 0 Å². The summed E-state index contributed by atoms with van der Waals surface area (Å²) in [4.78, 5) is 21.9. The van der Waals surface area contributed by atoms with Gasteiger partial charge in [-0.05, 0) is 12.0 Å². The van der Waals surface area contributed by atoms with Crippen LogP contribution in [-0.2, 0) is 15.0 Å². The van der Waals surface area contributed by atoms with Gasteiger partial charge in [-0.1, -0.05) is 37.3 Å². The predicted octanol–water partition coefficient (Wildman–Crippen LogP) is -1.55. The van der Waals surface area contributed by atoms with Crippen molar-refractivity contribution in [2.45, 2.75) is 18.8 Å². The maximum atomic E-state index is 11.0. The molecule has 0 aliphatic rings. The number of hydrogen-bond donors (Lipinski definition) is 0. The van der Waals surface area contributed by atoms with Gasteiger partial charge in [-0.25, -0.2) is 0 Å².